The normalized spacial score (nSPS) is 11.5. The van der Waals surface area contributed by atoms with E-state index in [-0.39, 0.29) is 41.5 Å². The maximum absolute atomic E-state index is 12.7. The zero-order valence-corrected chi connectivity index (χ0v) is 21.3. The van der Waals surface area contributed by atoms with E-state index in [2.05, 4.69) is 4.98 Å². The average Bonchev–Trinajstić information content (AvgIpc) is 2.81. The van der Waals surface area contributed by atoms with Gasteiger partial charge in [0.15, 0.2) is 0 Å². The molecule has 3 aromatic rings. The van der Waals surface area contributed by atoms with Crippen molar-refractivity contribution in [3.05, 3.63) is 82.4 Å². The van der Waals surface area contributed by atoms with Crippen LogP contribution in [0.15, 0.2) is 65.5 Å². The first kappa shape index (κ1) is 26.8. The second-order valence-electron chi connectivity index (χ2n) is 7.23. The van der Waals surface area contributed by atoms with E-state index in [4.69, 9.17) is 9.47 Å². The first-order valence-corrected chi connectivity index (χ1v) is 10.7. The maximum Gasteiger partial charge on any atom is 1.00 e. The third kappa shape index (κ3) is 7.54. The SMILES string of the molecule is CCOC(Cc1ccc(OCCn2c(CC)nc(-c3ccccc3)cc2=O)cc1)C(=O)[O-].[Na+]. The molecule has 0 amide bonds. The van der Waals surface area contributed by atoms with Crippen LogP contribution in [0.5, 0.6) is 5.75 Å². The van der Waals surface area contributed by atoms with Gasteiger partial charge in [0.25, 0.3) is 5.56 Å². The molecule has 0 aliphatic heterocycles. The Hall–Kier alpha value is -2.45. The van der Waals surface area contributed by atoms with Crippen molar-refractivity contribution in [2.45, 2.75) is 39.3 Å². The van der Waals surface area contributed by atoms with Crippen LogP contribution < -0.4 is 45.0 Å². The summed E-state index contributed by atoms with van der Waals surface area (Å²) in [5.41, 5.74) is 2.28. The number of rotatable bonds is 11. The Morgan fingerprint density at radius 2 is 1.79 bits per heavy atom. The first-order valence-electron chi connectivity index (χ1n) is 10.7. The Bertz CT molecular complexity index is 1080. The maximum atomic E-state index is 12.7. The molecule has 0 fully saturated rings. The van der Waals surface area contributed by atoms with Crippen LogP contribution in [0.25, 0.3) is 11.3 Å². The third-order valence-corrected chi connectivity index (χ3v) is 5.03. The van der Waals surface area contributed by atoms with Gasteiger partial charge in [-0.15, -0.1) is 0 Å². The van der Waals surface area contributed by atoms with Gasteiger partial charge in [-0.3, -0.25) is 9.36 Å². The Morgan fingerprint density at radius 3 is 2.39 bits per heavy atom. The van der Waals surface area contributed by atoms with Gasteiger partial charge in [-0.05, 0) is 24.6 Å². The number of hydrogen-bond acceptors (Lipinski definition) is 6. The topological polar surface area (TPSA) is 93.5 Å². The number of aliphatic carboxylic acids is 1. The molecule has 1 heterocycles. The Morgan fingerprint density at radius 1 is 1.09 bits per heavy atom. The zero-order valence-electron chi connectivity index (χ0n) is 19.3. The molecular formula is C25H27N2NaO5. The van der Waals surface area contributed by atoms with Gasteiger partial charge in [-0.25, -0.2) is 4.98 Å². The molecule has 0 saturated carbocycles. The Kier molecular flexibility index (Phi) is 10.8. The van der Waals surface area contributed by atoms with Gasteiger partial charge in [0.1, 0.15) is 24.3 Å². The smallest absolute Gasteiger partial charge is 0.547 e. The van der Waals surface area contributed by atoms with Crippen molar-refractivity contribution < 1.29 is 48.9 Å². The molecule has 0 bridgehead atoms. The number of carboxylic acid groups (broad SMARTS) is 1. The number of carbonyl (C=O) groups excluding carboxylic acids is 1. The summed E-state index contributed by atoms with van der Waals surface area (Å²) in [7, 11) is 0. The van der Waals surface area contributed by atoms with Gasteiger partial charge < -0.3 is 19.4 Å². The molecule has 0 radical (unpaired) electrons. The van der Waals surface area contributed by atoms with Crippen LogP contribution in [0.2, 0.25) is 0 Å². The van der Waals surface area contributed by atoms with E-state index in [1.807, 2.05) is 37.3 Å². The van der Waals surface area contributed by atoms with Crippen molar-refractivity contribution >= 4 is 5.97 Å². The van der Waals surface area contributed by atoms with Crippen molar-refractivity contribution in [1.29, 1.82) is 0 Å². The van der Waals surface area contributed by atoms with Crippen LogP contribution in [0.1, 0.15) is 25.2 Å². The van der Waals surface area contributed by atoms with Crippen molar-refractivity contribution in [3.8, 4) is 17.0 Å². The standard InChI is InChI=1S/C25H28N2O5.Na/c1-3-23-26-21(19-8-6-5-7-9-19)17-24(28)27(23)14-15-32-20-12-10-18(11-13-20)16-22(25(29)30)31-4-2;/h5-13,17,22H,3-4,14-16H2,1-2H3,(H,29,30);/q;+1/p-1. The number of aryl methyl sites for hydroxylation is 1. The van der Waals surface area contributed by atoms with E-state index < -0.39 is 12.1 Å². The van der Waals surface area contributed by atoms with Crippen molar-refractivity contribution in [1.82, 2.24) is 9.55 Å². The molecule has 1 aromatic heterocycles. The summed E-state index contributed by atoms with van der Waals surface area (Å²) in [6.07, 6.45) is -0.118. The van der Waals surface area contributed by atoms with E-state index in [1.165, 1.54) is 0 Å². The molecular weight excluding hydrogens is 431 g/mol. The van der Waals surface area contributed by atoms with Gasteiger partial charge in [-0.2, -0.15) is 0 Å². The van der Waals surface area contributed by atoms with Gasteiger partial charge in [0, 0.05) is 31.1 Å². The van der Waals surface area contributed by atoms with E-state index in [0.717, 1.165) is 11.1 Å². The molecule has 2 aromatic carbocycles. The summed E-state index contributed by atoms with van der Waals surface area (Å²) in [5.74, 6) is 0.117. The van der Waals surface area contributed by atoms with Crippen LogP contribution in [-0.2, 0) is 28.9 Å². The molecule has 8 heteroatoms. The molecule has 33 heavy (non-hydrogen) atoms. The van der Waals surface area contributed by atoms with Crippen LogP contribution in [-0.4, -0.2) is 34.8 Å². The summed E-state index contributed by atoms with van der Waals surface area (Å²) >= 11 is 0. The number of nitrogens with zero attached hydrogens (tertiary/aromatic N) is 2. The minimum atomic E-state index is -1.23. The number of carboxylic acids is 1. The molecule has 0 saturated heterocycles. The van der Waals surface area contributed by atoms with E-state index in [0.29, 0.717) is 43.4 Å². The number of carbonyl (C=O) groups is 1. The summed E-state index contributed by atoms with van der Waals surface area (Å²) in [6, 6.07) is 18.3. The second kappa shape index (κ2) is 13.3. The van der Waals surface area contributed by atoms with E-state index in [9.17, 15) is 14.7 Å². The Labute approximate surface area is 215 Å². The molecule has 1 unspecified atom stereocenters. The fraction of sp³-hybridized carbons (Fsp3) is 0.320. The van der Waals surface area contributed by atoms with Gasteiger partial charge >= 0.3 is 29.6 Å². The zero-order chi connectivity index (χ0) is 22.9. The van der Waals surface area contributed by atoms with Crippen LogP contribution >= 0.6 is 0 Å². The van der Waals surface area contributed by atoms with Gasteiger partial charge in [0.2, 0.25) is 0 Å². The number of hydrogen-bond donors (Lipinski definition) is 0. The summed E-state index contributed by atoms with van der Waals surface area (Å²) < 4.78 is 12.6. The monoisotopic (exact) mass is 458 g/mol. The molecule has 3 rings (SSSR count). The van der Waals surface area contributed by atoms with Crippen molar-refractivity contribution in [3.63, 3.8) is 0 Å². The largest absolute Gasteiger partial charge is 1.00 e. The van der Waals surface area contributed by atoms with Crippen molar-refractivity contribution in [2.75, 3.05) is 13.2 Å². The second-order valence-corrected chi connectivity index (χ2v) is 7.23. The van der Waals surface area contributed by atoms with Crippen LogP contribution in [0, 0.1) is 0 Å². The van der Waals surface area contributed by atoms with Crippen LogP contribution in [0.4, 0.5) is 0 Å². The molecule has 0 aliphatic rings. The molecule has 0 aliphatic carbocycles. The summed E-state index contributed by atoms with van der Waals surface area (Å²) in [5, 5.41) is 11.1. The van der Waals surface area contributed by atoms with Gasteiger partial charge in [0.05, 0.1) is 18.2 Å². The van der Waals surface area contributed by atoms with Crippen LogP contribution in [0.3, 0.4) is 0 Å². The minimum absolute atomic E-state index is 0. The third-order valence-electron chi connectivity index (χ3n) is 5.03. The summed E-state index contributed by atoms with van der Waals surface area (Å²) in [6.45, 7) is 4.70. The predicted molar refractivity (Wildman–Crippen MR) is 119 cm³/mol. The van der Waals surface area contributed by atoms with E-state index in [1.54, 1.807) is 41.8 Å². The molecule has 1 atom stereocenters. The average molecular weight is 458 g/mol. The van der Waals surface area contributed by atoms with E-state index >= 15 is 0 Å². The first-order chi connectivity index (χ1) is 15.5. The molecule has 0 N–H and O–H groups in total. The molecule has 0 spiro atoms. The van der Waals surface area contributed by atoms with Gasteiger partial charge in [-0.1, -0.05) is 49.4 Å². The minimum Gasteiger partial charge on any atom is -0.547 e. The number of benzene rings is 2. The number of ether oxygens (including phenoxy) is 2. The fourth-order valence-electron chi connectivity index (χ4n) is 3.42. The predicted octanol–water partition coefficient (Wildman–Crippen LogP) is -0.747. The molecule has 168 valence electrons. The Balaban J connectivity index is 0.00000385. The molecule has 7 nitrogen and oxygen atoms in total. The quantitative estimate of drug-likeness (QED) is 0.351. The number of aromatic nitrogens is 2. The fourth-order valence-corrected chi connectivity index (χ4v) is 3.42. The van der Waals surface area contributed by atoms with Crippen molar-refractivity contribution in [2.24, 2.45) is 0 Å². The summed E-state index contributed by atoms with van der Waals surface area (Å²) in [4.78, 5) is 28.5.